The van der Waals surface area contributed by atoms with Gasteiger partial charge in [0.1, 0.15) is 5.75 Å². The summed E-state index contributed by atoms with van der Waals surface area (Å²) >= 11 is 1.02. The quantitative estimate of drug-likeness (QED) is 0.343. The third kappa shape index (κ3) is 6.23. The average molecular weight is 526 g/mol. The number of guanidine groups is 1. The van der Waals surface area contributed by atoms with Crippen LogP contribution in [-0.4, -0.2) is 37.7 Å². The SMILES string of the molecule is CN=C(NCCc1ccc2c(c1)CCO2)NCCc1nc(C(F)(F)F)cs1.I. The Bertz CT molecular complexity index is 810. The zero-order valence-electron chi connectivity index (χ0n) is 15.3. The largest absolute Gasteiger partial charge is 0.493 e. The highest BCUT2D eigenvalue weighted by Gasteiger charge is 2.33. The van der Waals surface area contributed by atoms with E-state index in [2.05, 4.69) is 32.7 Å². The van der Waals surface area contributed by atoms with Gasteiger partial charge in [-0.05, 0) is 23.6 Å². The van der Waals surface area contributed by atoms with Gasteiger partial charge in [0.15, 0.2) is 11.7 Å². The molecule has 1 aromatic heterocycles. The molecule has 28 heavy (non-hydrogen) atoms. The molecule has 2 N–H and O–H groups in total. The van der Waals surface area contributed by atoms with Crippen LogP contribution in [0.1, 0.15) is 21.8 Å². The number of hydrogen-bond acceptors (Lipinski definition) is 4. The molecule has 0 spiro atoms. The van der Waals surface area contributed by atoms with Crippen LogP contribution >= 0.6 is 35.3 Å². The Morgan fingerprint density at radius 2 is 2.00 bits per heavy atom. The predicted molar refractivity (Wildman–Crippen MR) is 115 cm³/mol. The topological polar surface area (TPSA) is 58.5 Å². The standard InChI is InChI=1S/C18H21F3N4OS.HI/c1-22-17(24-8-5-16-25-15(11-27-16)18(19,20)21)23-7-4-12-2-3-14-13(10-12)6-9-26-14;/h2-3,10-11H,4-9H2,1H3,(H2,22,23,24);1H. The van der Waals surface area contributed by atoms with Crippen molar-refractivity contribution in [3.05, 3.63) is 45.4 Å². The zero-order valence-corrected chi connectivity index (χ0v) is 18.5. The molecule has 0 fully saturated rings. The molecule has 0 amide bonds. The second kappa shape index (κ2) is 10.3. The molecule has 0 aliphatic carbocycles. The number of rotatable bonds is 6. The van der Waals surface area contributed by atoms with Crippen LogP contribution < -0.4 is 15.4 Å². The number of aliphatic imine (C=N–C) groups is 1. The van der Waals surface area contributed by atoms with Gasteiger partial charge < -0.3 is 15.4 Å². The molecule has 2 aromatic rings. The molecule has 0 saturated carbocycles. The van der Waals surface area contributed by atoms with Gasteiger partial charge in [-0.15, -0.1) is 35.3 Å². The maximum atomic E-state index is 12.6. The Hall–Kier alpha value is -1.56. The second-order valence-corrected chi connectivity index (χ2v) is 7.03. The highest BCUT2D eigenvalue weighted by Crippen LogP contribution is 2.30. The molecule has 0 saturated heterocycles. The molecular formula is C18H22F3IN4OS. The van der Waals surface area contributed by atoms with Gasteiger partial charge in [-0.2, -0.15) is 13.2 Å². The average Bonchev–Trinajstić information content (AvgIpc) is 3.28. The van der Waals surface area contributed by atoms with Gasteiger partial charge in [0.25, 0.3) is 0 Å². The number of nitrogens with zero attached hydrogens (tertiary/aromatic N) is 2. The van der Waals surface area contributed by atoms with Crippen LogP contribution in [0.3, 0.4) is 0 Å². The molecule has 1 aromatic carbocycles. The van der Waals surface area contributed by atoms with E-state index < -0.39 is 11.9 Å². The Morgan fingerprint density at radius 3 is 2.68 bits per heavy atom. The molecule has 0 radical (unpaired) electrons. The highest BCUT2D eigenvalue weighted by atomic mass is 127. The second-order valence-electron chi connectivity index (χ2n) is 6.09. The Labute approximate surface area is 182 Å². The van der Waals surface area contributed by atoms with Crippen molar-refractivity contribution in [1.29, 1.82) is 0 Å². The number of alkyl halides is 3. The van der Waals surface area contributed by atoms with Crippen LogP contribution in [-0.2, 0) is 25.4 Å². The number of aromatic nitrogens is 1. The number of benzene rings is 1. The molecule has 1 aliphatic heterocycles. The number of thiazole rings is 1. The highest BCUT2D eigenvalue weighted by molar-refractivity contribution is 14.0. The summed E-state index contributed by atoms with van der Waals surface area (Å²) in [5.41, 5.74) is 1.64. The number of halogens is 4. The summed E-state index contributed by atoms with van der Waals surface area (Å²) in [6, 6.07) is 6.23. The molecule has 5 nitrogen and oxygen atoms in total. The molecule has 154 valence electrons. The smallest absolute Gasteiger partial charge is 0.434 e. The first-order valence-electron chi connectivity index (χ1n) is 8.66. The van der Waals surface area contributed by atoms with Gasteiger partial charge in [-0.25, -0.2) is 4.98 Å². The molecule has 0 atom stereocenters. The van der Waals surface area contributed by atoms with Crippen molar-refractivity contribution in [2.45, 2.75) is 25.4 Å². The lowest BCUT2D eigenvalue weighted by atomic mass is 10.1. The molecule has 10 heteroatoms. The van der Waals surface area contributed by atoms with Gasteiger partial charge in [-0.3, -0.25) is 4.99 Å². The summed E-state index contributed by atoms with van der Waals surface area (Å²) in [7, 11) is 1.66. The van der Waals surface area contributed by atoms with E-state index in [1.54, 1.807) is 7.05 Å². The molecular weight excluding hydrogens is 504 g/mol. The number of nitrogens with one attached hydrogen (secondary N) is 2. The van der Waals surface area contributed by atoms with E-state index in [1.165, 1.54) is 11.1 Å². The molecule has 3 rings (SSSR count). The zero-order chi connectivity index (χ0) is 19.3. The van der Waals surface area contributed by atoms with Gasteiger partial charge in [-0.1, -0.05) is 12.1 Å². The monoisotopic (exact) mass is 526 g/mol. The lowest BCUT2D eigenvalue weighted by molar-refractivity contribution is -0.140. The summed E-state index contributed by atoms with van der Waals surface area (Å²) in [5.74, 6) is 1.59. The van der Waals surface area contributed by atoms with Crippen molar-refractivity contribution >= 4 is 41.3 Å². The minimum absolute atomic E-state index is 0. The summed E-state index contributed by atoms with van der Waals surface area (Å²) < 4.78 is 43.2. The van der Waals surface area contributed by atoms with Crippen molar-refractivity contribution in [3.63, 3.8) is 0 Å². The van der Waals surface area contributed by atoms with E-state index in [0.717, 1.165) is 41.9 Å². The van der Waals surface area contributed by atoms with Gasteiger partial charge in [0, 0.05) is 38.4 Å². The van der Waals surface area contributed by atoms with Crippen LogP contribution in [0.5, 0.6) is 5.75 Å². The lowest BCUT2D eigenvalue weighted by Crippen LogP contribution is -2.39. The van der Waals surface area contributed by atoms with E-state index in [-0.39, 0.29) is 24.0 Å². The predicted octanol–water partition coefficient (Wildman–Crippen LogP) is 3.67. The summed E-state index contributed by atoms with van der Waals surface area (Å²) in [5, 5.41) is 7.81. The van der Waals surface area contributed by atoms with Crippen molar-refractivity contribution < 1.29 is 17.9 Å². The van der Waals surface area contributed by atoms with Crippen LogP contribution in [0.2, 0.25) is 0 Å². The van der Waals surface area contributed by atoms with Gasteiger partial charge >= 0.3 is 6.18 Å². The van der Waals surface area contributed by atoms with E-state index >= 15 is 0 Å². The van der Waals surface area contributed by atoms with Crippen molar-refractivity contribution in [3.8, 4) is 5.75 Å². The van der Waals surface area contributed by atoms with Crippen molar-refractivity contribution in [2.75, 3.05) is 26.7 Å². The molecule has 1 aliphatic rings. The summed E-state index contributed by atoms with van der Waals surface area (Å²) in [6.07, 6.45) is -2.18. The Balaban J connectivity index is 0.00000280. The maximum absolute atomic E-state index is 12.6. The van der Waals surface area contributed by atoms with E-state index in [1.807, 2.05) is 6.07 Å². The number of hydrogen-bond donors (Lipinski definition) is 2. The van der Waals surface area contributed by atoms with Crippen molar-refractivity contribution in [1.82, 2.24) is 15.6 Å². The fourth-order valence-corrected chi connectivity index (χ4v) is 3.59. The van der Waals surface area contributed by atoms with Gasteiger partial charge in [0.2, 0.25) is 0 Å². The van der Waals surface area contributed by atoms with E-state index in [4.69, 9.17) is 4.74 Å². The van der Waals surface area contributed by atoms with E-state index in [9.17, 15) is 13.2 Å². The third-order valence-corrected chi connectivity index (χ3v) is 5.07. The normalized spacial score (nSPS) is 13.5. The van der Waals surface area contributed by atoms with Crippen LogP contribution in [0.15, 0.2) is 28.6 Å². The molecule has 0 unspecified atom stereocenters. The fraction of sp³-hybridized carbons (Fsp3) is 0.444. The Kier molecular flexibility index (Phi) is 8.35. The van der Waals surface area contributed by atoms with Crippen LogP contribution in [0.4, 0.5) is 13.2 Å². The fourth-order valence-electron chi connectivity index (χ4n) is 2.79. The maximum Gasteiger partial charge on any atom is 0.434 e. The van der Waals surface area contributed by atoms with E-state index in [0.29, 0.717) is 30.5 Å². The summed E-state index contributed by atoms with van der Waals surface area (Å²) in [6.45, 7) is 1.91. The minimum Gasteiger partial charge on any atom is -0.493 e. The Morgan fingerprint density at radius 1 is 1.25 bits per heavy atom. The lowest BCUT2D eigenvalue weighted by Gasteiger charge is -2.11. The van der Waals surface area contributed by atoms with Crippen LogP contribution in [0, 0.1) is 0 Å². The minimum atomic E-state index is -4.39. The molecule has 2 heterocycles. The van der Waals surface area contributed by atoms with Crippen LogP contribution in [0.25, 0.3) is 0 Å². The third-order valence-electron chi connectivity index (χ3n) is 4.16. The first kappa shape index (κ1) is 22.7. The van der Waals surface area contributed by atoms with Gasteiger partial charge in [0.05, 0.1) is 11.6 Å². The number of ether oxygens (including phenoxy) is 1. The first-order valence-corrected chi connectivity index (χ1v) is 9.54. The first-order chi connectivity index (χ1) is 13.0. The molecule has 0 bridgehead atoms. The number of fused-ring (bicyclic) bond motifs is 1. The van der Waals surface area contributed by atoms with Crippen molar-refractivity contribution in [2.24, 2.45) is 4.99 Å². The summed E-state index contributed by atoms with van der Waals surface area (Å²) in [4.78, 5) is 7.75.